The van der Waals surface area contributed by atoms with Gasteiger partial charge < -0.3 is 20.9 Å². The predicted octanol–water partition coefficient (Wildman–Crippen LogP) is 1.89. The van der Waals surface area contributed by atoms with Crippen LogP contribution in [0.4, 0.5) is 23.3 Å². The van der Waals surface area contributed by atoms with E-state index >= 15 is 0 Å². The average Bonchev–Trinajstić information content (AvgIpc) is 3.34. The van der Waals surface area contributed by atoms with Gasteiger partial charge in [0.1, 0.15) is 17.7 Å². The maximum Gasteiger partial charge on any atom is 0.320 e. The second-order valence-electron chi connectivity index (χ2n) is 8.57. The molecule has 0 bridgehead atoms. The number of aromatic nitrogens is 5. The molecule has 172 valence electrons. The molecular formula is C22H27N8O3+. The van der Waals surface area contributed by atoms with Gasteiger partial charge in [0.05, 0.1) is 18.7 Å². The van der Waals surface area contributed by atoms with E-state index in [4.69, 9.17) is 5.11 Å². The van der Waals surface area contributed by atoms with Gasteiger partial charge in [-0.2, -0.15) is 10.1 Å². The van der Waals surface area contributed by atoms with Crippen LogP contribution in [-0.2, 0) is 12.1 Å². The molecule has 0 saturated heterocycles. The van der Waals surface area contributed by atoms with E-state index < -0.39 is 5.54 Å². The summed E-state index contributed by atoms with van der Waals surface area (Å²) in [6.07, 6.45) is 7.92. The third-order valence-electron chi connectivity index (χ3n) is 6.31. The van der Waals surface area contributed by atoms with E-state index in [1.54, 1.807) is 29.1 Å². The smallest absolute Gasteiger partial charge is 0.320 e. The number of nitrogens with one attached hydrogen (secondary N) is 3. The number of aliphatic hydroxyl groups excluding tert-OH is 1. The molecule has 1 aliphatic heterocycles. The molecule has 11 heteroatoms. The summed E-state index contributed by atoms with van der Waals surface area (Å²) < 4.78 is 2.72. The Bertz CT molecular complexity index is 1200. The number of carbonyl (C=O) groups excluding carboxylic acids is 1. The normalized spacial score (nSPS) is 16.5. The molecule has 0 unspecified atom stereocenters. The Kier molecular flexibility index (Phi) is 5.33. The van der Waals surface area contributed by atoms with Crippen LogP contribution in [0.25, 0.3) is 0 Å². The molecule has 1 amide bonds. The molecule has 1 spiro atoms. The average molecular weight is 452 g/mol. The number of carbonyl (C=O) groups is 1. The summed E-state index contributed by atoms with van der Waals surface area (Å²) in [6.45, 7) is 2.29. The fourth-order valence-electron chi connectivity index (χ4n) is 4.84. The second-order valence-corrected chi connectivity index (χ2v) is 8.57. The van der Waals surface area contributed by atoms with Crippen LogP contribution in [0.1, 0.15) is 53.7 Å². The third kappa shape index (κ3) is 3.84. The number of anilines is 4. The highest BCUT2D eigenvalue weighted by molar-refractivity contribution is 6.00. The van der Waals surface area contributed by atoms with Crippen LogP contribution < -0.4 is 20.7 Å². The van der Waals surface area contributed by atoms with Crippen LogP contribution in [0, 0.1) is 6.92 Å². The van der Waals surface area contributed by atoms with Crippen LogP contribution in [0.15, 0.2) is 30.7 Å². The van der Waals surface area contributed by atoms with Crippen LogP contribution >= 0.6 is 0 Å². The summed E-state index contributed by atoms with van der Waals surface area (Å²) in [5, 5.41) is 33.9. The van der Waals surface area contributed by atoms with E-state index in [1.807, 2.05) is 6.92 Å². The number of rotatable bonds is 6. The molecule has 33 heavy (non-hydrogen) atoms. The highest BCUT2D eigenvalue weighted by atomic mass is 16.5. The minimum atomic E-state index is -0.534. The van der Waals surface area contributed by atoms with Crippen LogP contribution in [-0.4, -0.2) is 42.6 Å². The molecule has 0 radical (unpaired) electrons. The Balaban J connectivity index is 1.43. The first-order chi connectivity index (χ1) is 16.0. The van der Waals surface area contributed by atoms with Crippen molar-refractivity contribution in [2.75, 3.05) is 17.2 Å². The minimum absolute atomic E-state index is 0.00640. The highest BCUT2D eigenvalue weighted by Crippen LogP contribution is 2.42. The van der Waals surface area contributed by atoms with Crippen molar-refractivity contribution >= 4 is 29.2 Å². The molecule has 5 N–H and O–H groups in total. The first kappa shape index (κ1) is 21.1. The fraction of sp³-hybridized carbons (Fsp3) is 0.409. The summed E-state index contributed by atoms with van der Waals surface area (Å²) in [5.74, 6) is 1.86. The number of nitrogens with zero attached hydrogens (tertiary/aromatic N) is 5. The Morgan fingerprint density at radius 2 is 1.91 bits per heavy atom. The van der Waals surface area contributed by atoms with E-state index in [-0.39, 0.29) is 12.5 Å². The first-order valence-corrected chi connectivity index (χ1v) is 11.1. The highest BCUT2D eigenvalue weighted by Gasteiger charge is 2.50. The number of amides is 1. The molecular weight excluding hydrogens is 424 g/mol. The number of hydrogen-bond acceptors (Lipinski definition) is 8. The van der Waals surface area contributed by atoms with E-state index in [1.165, 1.54) is 6.33 Å². The molecule has 1 fully saturated rings. The standard InChI is InChI=1S/C22H26N8O3/c1-14-11-18(30(33)20-19(14)21(32)27-22(20)6-3-2-4-7-22)26-17-12-16(23-13-24-17)25-15-5-8-29(28-15)9-10-31/h5,8,11-13,31,33H,2-4,6-7,9-10H2,1H3,(H2,23,24,25,27,28,32)/p+1. The van der Waals surface area contributed by atoms with Gasteiger partial charge in [0, 0.05) is 24.4 Å². The maximum atomic E-state index is 12.7. The molecule has 0 atom stereocenters. The molecule has 1 aliphatic carbocycles. The van der Waals surface area contributed by atoms with Gasteiger partial charge >= 0.3 is 5.82 Å². The zero-order valence-corrected chi connectivity index (χ0v) is 18.4. The van der Waals surface area contributed by atoms with Gasteiger partial charge in [0.25, 0.3) is 5.91 Å². The van der Waals surface area contributed by atoms with Crippen molar-refractivity contribution in [2.45, 2.75) is 51.1 Å². The summed E-state index contributed by atoms with van der Waals surface area (Å²) >= 11 is 0. The van der Waals surface area contributed by atoms with Crippen molar-refractivity contribution in [3.8, 4) is 0 Å². The minimum Gasteiger partial charge on any atom is -0.394 e. The van der Waals surface area contributed by atoms with Gasteiger partial charge in [-0.05, 0) is 30.1 Å². The number of fused-ring (bicyclic) bond motifs is 2. The lowest BCUT2D eigenvalue weighted by Crippen LogP contribution is -2.50. The van der Waals surface area contributed by atoms with E-state index in [2.05, 4.69) is 31.0 Å². The van der Waals surface area contributed by atoms with Crippen molar-refractivity contribution in [1.82, 2.24) is 25.1 Å². The van der Waals surface area contributed by atoms with Gasteiger partial charge in [-0.1, -0.05) is 19.3 Å². The number of pyridine rings is 1. The fourth-order valence-corrected chi connectivity index (χ4v) is 4.84. The second kappa shape index (κ2) is 8.32. The Labute approximate surface area is 190 Å². The quantitative estimate of drug-likeness (QED) is 0.283. The van der Waals surface area contributed by atoms with Crippen molar-refractivity contribution in [3.63, 3.8) is 0 Å². The third-order valence-corrected chi connectivity index (χ3v) is 6.31. The van der Waals surface area contributed by atoms with Crippen LogP contribution in [0.2, 0.25) is 0 Å². The Hall–Kier alpha value is -3.73. The van der Waals surface area contributed by atoms with Gasteiger partial charge in [-0.25, -0.2) is 10.3 Å². The van der Waals surface area contributed by atoms with Crippen molar-refractivity contribution < 1.29 is 19.8 Å². The molecule has 0 aromatic carbocycles. The lowest BCUT2D eigenvalue weighted by molar-refractivity contribution is -0.900. The Morgan fingerprint density at radius 3 is 2.67 bits per heavy atom. The van der Waals surface area contributed by atoms with Crippen LogP contribution in [0.3, 0.4) is 0 Å². The number of aliphatic hydroxyl groups is 1. The van der Waals surface area contributed by atoms with Gasteiger partial charge in [0.15, 0.2) is 11.5 Å². The Morgan fingerprint density at radius 1 is 1.15 bits per heavy atom. The molecule has 1 saturated carbocycles. The number of hydrogen-bond donors (Lipinski definition) is 5. The number of aryl methyl sites for hydroxylation is 1. The summed E-state index contributed by atoms with van der Waals surface area (Å²) in [4.78, 5) is 21.2. The first-order valence-electron chi connectivity index (χ1n) is 11.1. The van der Waals surface area contributed by atoms with E-state index in [0.29, 0.717) is 41.1 Å². The summed E-state index contributed by atoms with van der Waals surface area (Å²) in [5.41, 5.74) is 1.43. The van der Waals surface area contributed by atoms with Crippen molar-refractivity contribution in [2.24, 2.45) is 0 Å². The molecule has 4 heterocycles. The largest absolute Gasteiger partial charge is 0.394 e. The van der Waals surface area contributed by atoms with Crippen molar-refractivity contribution in [1.29, 1.82) is 0 Å². The zero-order valence-electron chi connectivity index (χ0n) is 18.4. The molecule has 2 aliphatic rings. The predicted molar refractivity (Wildman–Crippen MR) is 119 cm³/mol. The van der Waals surface area contributed by atoms with E-state index in [9.17, 15) is 10.0 Å². The zero-order chi connectivity index (χ0) is 23.0. The molecule has 3 aromatic rings. The monoisotopic (exact) mass is 451 g/mol. The maximum absolute atomic E-state index is 12.7. The lowest BCUT2D eigenvalue weighted by Gasteiger charge is -2.32. The van der Waals surface area contributed by atoms with Gasteiger partial charge in [-0.3, -0.25) is 9.48 Å². The molecule has 3 aromatic heterocycles. The van der Waals surface area contributed by atoms with Gasteiger partial charge in [-0.15, -0.1) is 0 Å². The molecule has 5 rings (SSSR count). The SMILES string of the molecule is Cc1cc(Nc2cc(Nc3ccn(CCO)n3)ncn2)[n+](O)c2c1C(=O)NC21CCCCC1. The summed E-state index contributed by atoms with van der Waals surface area (Å²) in [6, 6.07) is 5.23. The molecule has 11 nitrogen and oxygen atoms in total. The summed E-state index contributed by atoms with van der Waals surface area (Å²) in [7, 11) is 0. The topological polar surface area (TPSA) is 141 Å². The van der Waals surface area contributed by atoms with Gasteiger partial charge in [0.2, 0.25) is 5.82 Å². The van der Waals surface area contributed by atoms with Crippen LogP contribution in [0.5, 0.6) is 0 Å². The lowest BCUT2D eigenvalue weighted by atomic mass is 9.79. The van der Waals surface area contributed by atoms with Crippen molar-refractivity contribution in [3.05, 3.63) is 47.5 Å². The van der Waals surface area contributed by atoms with E-state index in [0.717, 1.165) is 42.4 Å².